The maximum Gasteiger partial charge on any atom is 0.257 e. The predicted octanol–water partition coefficient (Wildman–Crippen LogP) is 5.26. The lowest BCUT2D eigenvalue weighted by molar-refractivity contribution is 0.102. The van der Waals surface area contributed by atoms with E-state index in [1.54, 1.807) is 54.7 Å². The molecule has 2 N–H and O–H groups in total. The van der Waals surface area contributed by atoms with Crippen LogP contribution in [0.2, 0.25) is 10.0 Å². The number of pyridine rings is 1. The van der Waals surface area contributed by atoms with E-state index in [0.717, 1.165) is 5.69 Å². The SMILES string of the molecule is N#Cc1ccc(Nc2cncc(C(=O)Nc3cccc(Cl)c3Cl)c2)cc1. The fourth-order valence-corrected chi connectivity index (χ4v) is 2.57. The standard InChI is InChI=1S/C19H12Cl2N4O/c20-16-2-1-3-17(18(16)21)25-19(26)13-8-15(11-23-10-13)24-14-6-4-12(9-22)5-7-14/h1-8,10-11,24H,(H,25,26). The smallest absolute Gasteiger partial charge is 0.257 e. The molecule has 0 saturated heterocycles. The molecule has 3 aromatic rings. The molecule has 0 aliphatic carbocycles. The van der Waals surface area contributed by atoms with Gasteiger partial charge >= 0.3 is 0 Å². The molecular formula is C19H12Cl2N4O. The third kappa shape index (κ3) is 4.12. The highest BCUT2D eigenvalue weighted by Crippen LogP contribution is 2.30. The Morgan fingerprint density at radius 1 is 1.04 bits per heavy atom. The summed E-state index contributed by atoms with van der Waals surface area (Å²) in [6, 6.07) is 15.7. The number of amides is 1. The molecule has 3 rings (SSSR count). The maximum atomic E-state index is 12.4. The fraction of sp³-hybridized carbons (Fsp3) is 0. The first-order chi connectivity index (χ1) is 12.6. The number of benzene rings is 2. The Hall–Kier alpha value is -3.07. The highest BCUT2D eigenvalue weighted by atomic mass is 35.5. The molecule has 128 valence electrons. The number of carbonyl (C=O) groups is 1. The molecule has 7 heteroatoms. The monoisotopic (exact) mass is 382 g/mol. The van der Waals surface area contributed by atoms with Crippen LogP contribution >= 0.6 is 23.2 Å². The van der Waals surface area contributed by atoms with E-state index in [-0.39, 0.29) is 10.9 Å². The normalized spacial score (nSPS) is 10.0. The molecule has 0 bridgehead atoms. The van der Waals surface area contributed by atoms with Crippen molar-refractivity contribution in [3.05, 3.63) is 82.1 Å². The van der Waals surface area contributed by atoms with Crippen LogP contribution in [-0.4, -0.2) is 10.9 Å². The number of anilines is 3. The molecule has 0 aliphatic rings. The lowest BCUT2D eigenvalue weighted by atomic mass is 10.2. The van der Waals surface area contributed by atoms with Crippen molar-refractivity contribution in [3.8, 4) is 6.07 Å². The molecule has 5 nitrogen and oxygen atoms in total. The summed E-state index contributed by atoms with van der Waals surface area (Å²) in [4.78, 5) is 16.5. The van der Waals surface area contributed by atoms with E-state index in [1.807, 2.05) is 0 Å². The number of halogens is 2. The van der Waals surface area contributed by atoms with Gasteiger partial charge in [-0.15, -0.1) is 0 Å². The van der Waals surface area contributed by atoms with Crippen molar-refractivity contribution in [2.75, 3.05) is 10.6 Å². The number of aromatic nitrogens is 1. The van der Waals surface area contributed by atoms with E-state index in [1.165, 1.54) is 6.20 Å². The first kappa shape index (κ1) is 17.7. The van der Waals surface area contributed by atoms with E-state index in [9.17, 15) is 4.79 Å². The topological polar surface area (TPSA) is 77.8 Å². The summed E-state index contributed by atoms with van der Waals surface area (Å²) in [6.07, 6.45) is 3.05. The molecular weight excluding hydrogens is 371 g/mol. The van der Waals surface area contributed by atoms with Gasteiger partial charge in [0.2, 0.25) is 0 Å². The first-order valence-electron chi connectivity index (χ1n) is 7.54. The van der Waals surface area contributed by atoms with Gasteiger partial charge in [0.25, 0.3) is 5.91 Å². The van der Waals surface area contributed by atoms with Crippen molar-refractivity contribution in [1.82, 2.24) is 4.98 Å². The third-order valence-electron chi connectivity index (χ3n) is 3.50. The molecule has 1 heterocycles. The second-order valence-corrected chi connectivity index (χ2v) is 6.12. The minimum Gasteiger partial charge on any atom is -0.354 e. The summed E-state index contributed by atoms with van der Waals surface area (Å²) < 4.78 is 0. The molecule has 0 fully saturated rings. The van der Waals surface area contributed by atoms with E-state index in [4.69, 9.17) is 28.5 Å². The van der Waals surface area contributed by atoms with Crippen LogP contribution in [0.25, 0.3) is 0 Å². The van der Waals surface area contributed by atoms with Gasteiger partial charge in [-0.3, -0.25) is 9.78 Å². The number of hydrogen-bond donors (Lipinski definition) is 2. The zero-order valence-corrected chi connectivity index (χ0v) is 14.8. The van der Waals surface area contributed by atoms with Gasteiger partial charge in [-0.05, 0) is 42.5 Å². The van der Waals surface area contributed by atoms with E-state index >= 15 is 0 Å². The summed E-state index contributed by atoms with van der Waals surface area (Å²) in [5.74, 6) is -0.356. The Labute approximate surface area is 160 Å². The summed E-state index contributed by atoms with van der Waals surface area (Å²) in [6.45, 7) is 0. The fourth-order valence-electron chi connectivity index (χ4n) is 2.22. The summed E-state index contributed by atoms with van der Waals surface area (Å²) in [7, 11) is 0. The molecule has 2 aromatic carbocycles. The van der Waals surface area contributed by atoms with Gasteiger partial charge in [0.05, 0.1) is 44.8 Å². The molecule has 1 amide bonds. The lowest BCUT2D eigenvalue weighted by Crippen LogP contribution is -2.13. The summed E-state index contributed by atoms with van der Waals surface area (Å²) >= 11 is 12.0. The zero-order valence-electron chi connectivity index (χ0n) is 13.3. The van der Waals surface area contributed by atoms with Crippen LogP contribution in [0.15, 0.2) is 60.9 Å². The van der Waals surface area contributed by atoms with Gasteiger partial charge in [-0.25, -0.2) is 0 Å². The van der Waals surface area contributed by atoms with Gasteiger partial charge in [0.15, 0.2) is 0 Å². The average molecular weight is 383 g/mol. The number of rotatable bonds is 4. The van der Waals surface area contributed by atoms with E-state index < -0.39 is 0 Å². The highest BCUT2D eigenvalue weighted by Gasteiger charge is 2.11. The molecule has 0 radical (unpaired) electrons. The van der Waals surface area contributed by atoms with Crippen LogP contribution in [-0.2, 0) is 0 Å². The summed E-state index contributed by atoms with van der Waals surface area (Å²) in [5, 5.41) is 15.3. The number of nitrogens with zero attached hydrogens (tertiary/aromatic N) is 2. The van der Waals surface area contributed by atoms with Crippen LogP contribution in [0.5, 0.6) is 0 Å². The zero-order chi connectivity index (χ0) is 18.5. The van der Waals surface area contributed by atoms with Crippen molar-refractivity contribution in [2.24, 2.45) is 0 Å². The first-order valence-corrected chi connectivity index (χ1v) is 8.30. The molecule has 1 aromatic heterocycles. The quantitative estimate of drug-likeness (QED) is 0.645. The minimum absolute atomic E-state index is 0.280. The average Bonchev–Trinajstić information content (AvgIpc) is 2.66. The third-order valence-corrected chi connectivity index (χ3v) is 4.32. The second-order valence-electron chi connectivity index (χ2n) is 5.33. The number of hydrogen-bond acceptors (Lipinski definition) is 4. The Kier molecular flexibility index (Phi) is 5.37. The molecule has 0 atom stereocenters. The van der Waals surface area contributed by atoms with Crippen molar-refractivity contribution in [1.29, 1.82) is 5.26 Å². The van der Waals surface area contributed by atoms with Crippen molar-refractivity contribution >= 4 is 46.2 Å². The lowest BCUT2D eigenvalue weighted by Gasteiger charge is -2.10. The van der Waals surface area contributed by atoms with Crippen LogP contribution in [0, 0.1) is 11.3 Å². The van der Waals surface area contributed by atoms with Gasteiger partial charge in [-0.1, -0.05) is 29.3 Å². The van der Waals surface area contributed by atoms with Crippen LogP contribution < -0.4 is 10.6 Å². The molecule has 26 heavy (non-hydrogen) atoms. The molecule has 0 unspecified atom stereocenters. The minimum atomic E-state index is -0.356. The Morgan fingerprint density at radius 3 is 2.54 bits per heavy atom. The van der Waals surface area contributed by atoms with E-state index in [0.29, 0.717) is 27.5 Å². The van der Waals surface area contributed by atoms with Gasteiger partial charge < -0.3 is 10.6 Å². The van der Waals surface area contributed by atoms with Gasteiger partial charge in [-0.2, -0.15) is 5.26 Å². The Morgan fingerprint density at radius 2 is 1.81 bits per heavy atom. The highest BCUT2D eigenvalue weighted by molar-refractivity contribution is 6.44. The van der Waals surface area contributed by atoms with E-state index in [2.05, 4.69) is 21.7 Å². The Balaban J connectivity index is 1.76. The molecule has 0 saturated carbocycles. The van der Waals surface area contributed by atoms with Crippen LogP contribution in [0.4, 0.5) is 17.1 Å². The van der Waals surface area contributed by atoms with Crippen LogP contribution in [0.3, 0.4) is 0 Å². The number of carbonyl (C=O) groups excluding carboxylic acids is 1. The second kappa shape index (κ2) is 7.87. The summed E-state index contributed by atoms with van der Waals surface area (Å²) in [5.41, 5.74) is 2.77. The number of nitriles is 1. The van der Waals surface area contributed by atoms with Gasteiger partial charge in [0.1, 0.15) is 0 Å². The van der Waals surface area contributed by atoms with Crippen molar-refractivity contribution in [3.63, 3.8) is 0 Å². The number of nitrogens with one attached hydrogen (secondary N) is 2. The van der Waals surface area contributed by atoms with Gasteiger partial charge in [0, 0.05) is 11.9 Å². The largest absolute Gasteiger partial charge is 0.354 e. The van der Waals surface area contributed by atoms with Crippen LogP contribution in [0.1, 0.15) is 15.9 Å². The van der Waals surface area contributed by atoms with Crippen molar-refractivity contribution < 1.29 is 4.79 Å². The Bertz CT molecular complexity index is 997. The van der Waals surface area contributed by atoms with Crippen molar-refractivity contribution in [2.45, 2.75) is 0 Å². The maximum absolute atomic E-state index is 12.4. The molecule has 0 spiro atoms. The molecule has 0 aliphatic heterocycles. The predicted molar refractivity (Wildman–Crippen MR) is 103 cm³/mol.